The zero-order chi connectivity index (χ0) is 20.8. The van der Waals surface area contributed by atoms with Gasteiger partial charge in [-0.2, -0.15) is 20.1 Å². The van der Waals surface area contributed by atoms with E-state index < -0.39 is 0 Å². The summed E-state index contributed by atoms with van der Waals surface area (Å²) in [6.45, 7) is 4.01. The molecule has 4 rings (SSSR count). The van der Waals surface area contributed by atoms with Gasteiger partial charge in [0, 0.05) is 33.2 Å². The molecule has 0 saturated carbocycles. The third kappa shape index (κ3) is 4.98. The van der Waals surface area contributed by atoms with Gasteiger partial charge < -0.3 is 14.5 Å². The minimum absolute atomic E-state index is 0.580. The second kappa shape index (κ2) is 9.73. The van der Waals surface area contributed by atoms with Gasteiger partial charge in [-0.15, -0.1) is 0 Å². The van der Waals surface area contributed by atoms with Gasteiger partial charge in [-0.05, 0) is 68.4 Å². The minimum atomic E-state index is 0.580. The Morgan fingerprint density at radius 3 is 1.87 bits per heavy atom. The van der Waals surface area contributed by atoms with Crippen LogP contribution in [0, 0.1) is 0 Å². The number of rotatable bonds is 6. The van der Waals surface area contributed by atoms with Crippen LogP contribution in [0.4, 0.5) is 17.8 Å². The molecule has 2 aromatic rings. The molecule has 0 unspecified atom stereocenters. The van der Waals surface area contributed by atoms with E-state index in [-0.39, 0.29) is 0 Å². The fourth-order valence-electron chi connectivity index (χ4n) is 3.85. The summed E-state index contributed by atoms with van der Waals surface area (Å²) in [6, 6.07) is 7.80. The molecule has 1 aromatic carbocycles. The summed E-state index contributed by atoms with van der Waals surface area (Å²) in [6.07, 6.45) is 9.11. The van der Waals surface area contributed by atoms with Crippen molar-refractivity contribution in [3.63, 3.8) is 0 Å². The molecule has 0 radical (unpaired) electrons. The molecule has 1 aromatic heterocycles. The van der Waals surface area contributed by atoms with Gasteiger partial charge in [0.2, 0.25) is 11.9 Å². The highest BCUT2D eigenvalue weighted by Crippen LogP contribution is 2.23. The maximum absolute atomic E-state index is 5.21. The smallest absolute Gasteiger partial charge is 0.252 e. The Morgan fingerprint density at radius 2 is 1.37 bits per heavy atom. The van der Waals surface area contributed by atoms with Crippen molar-refractivity contribution >= 4 is 24.1 Å². The van der Waals surface area contributed by atoms with Gasteiger partial charge >= 0.3 is 0 Å². The van der Waals surface area contributed by atoms with Crippen molar-refractivity contribution in [1.29, 1.82) is 0 Å². The first kappa shape index (κ1) is 20.4. The van der Waals surface area contributed by atoms with E-state index >= 15 is 0 Å². The van der Waals surface area contributed by atoms with E-state index in [1.807, 2.05) is 37.5 Å². The van der Waals surface area contributed by atoms with Crippen LogP contribution >= 0.6 is 0 Å². The van der Waals surface area contributed by atoms with E-state index in [9.17, 15) is 0 Å². The molecule has 2 aliphatic heterocycles. The van der Waals surface area contributed by atoms with E-state index in [1.165, 1.54) is 38.5 Å². The fourth-order valence-corrected chi connectivity index (χ4v) is 3.85. The highest BCUT2D eigenvalue weighted by atomic mass is 16.5. The van der Waals surface area contributed by atoms with E-state index in [4.69, 9.17) is 19.7 Å². The van der Waals surface area contributed by atoms with Crippen molar-refractivity contribution in [2.75, 3.05) is 55.1 Å². The molecule has 2 fully saturated rings. The summed E-state index contributed by atoms with van der Waals surface area (Å²) < 4.78 is 5.21. The largest absolute Gasteiger partial charge is 0.497 e. The molecule has 0 atom stereocenters. The molecule has 3 heterocycles. The number of methoxy groups -OCH3 is 1. The molecule has 0 amide bonds. The Hall–Kier alpha value is -2.90. The number of benzene rings is 1. The topological polar surface area (TPSA) is 70.0 Å². The number of nitrogens with zero attached hydrogens (tertiary/aromatic N) is 7. The first-order valence-corrected chi connectivity index (χ1v) is 10.9. The van der Waals surface area contributed by atoms with E-state index in [0.717, 1.165) is 49.4 Å². The number of aromatic nitrogens is 3. The van der Waals surface area contributed by atoms with Crippen LogP contribution in [0.1, 0.15) is 44.1 Å². The number of hydrazone groups is 1. The maximum Gasteiger partial charge on any atom is 0.252 e. The van der Waals surface area contributed by atoms with Crippen LogP contribution < -0.4 is 19.5 Å². The normalized spacial score (nSPS) is 17.4. The van der Waals surface area contributed by atoms with Crippen LogP contribution in [-0.4, -0.2) is 61.5 Å². The van der Waals surface area contributed by atoms with Crippen molar-refractivity contribution in [1.82, 2.24) is 15.0 Å². The Labute approximate surface area is 178 Å². The molecule has 30 heavy (non-hydrogen) atoms. The molecule has 0 N–H and O–H groups in total. The van der Waals surface area contributed by atoms with Gasteiger partial charge in [0.15, 0.2) is 0 Å². The molecule has 160 valence electrons. The molecule has 0 spiro atoms. The standard InChI is InChI=1S/C22H31N7O/c1-27(23-17-18-9-11-19(30-2)12-10-18)20-24-21(28-13-5-3-6-14-28)26-22(25-20)29-15-7-4-8-16-29/h9-12,17H,3-8,13-16H2,1-2H3/b23-17-. The fraction of sp³-hybridized carbons (Fsp3) is 0.545. The highest BCUT2D eigenvalue weighted by molar-refractivity contribution is 5.80. The number of piperidine rings is 2. The molecule has 0 aliphatic carbocycles. The number of hydrogen-bond donors (Lipinski definition) is 0. The lowest BCUT2D eigenvalue weighted by atomic mass is 10.1. The van der Waals surface area contributed by atoms with Crippen LogP contribution in [0.25, 0.3) is 0 Å². The maximum atomic E-state index is 5.21. The van der Waals surface area contributed by atoms with Crippen LogP contribution in [0.3, 0.4) is 0 Å². The lowest BCUT2D eigenvalue weighted by Gasteiger charge is -2.30. The van der Waals surface area contributed by atoms with Gasteiger partial charge in [0.05, 0.1) is 13.3 Å². The quantitative estimate of drug-likeness (QED) is 0.535. The van der Waals surface area contributed by atoms with Gasteiger partial charge in [-0.1, -0.05) is 0 Å². The van der Waals surface area contributed by atoms with Crippen molar-refractivity contribution < 1.29 is 4.74 Å². The van der Waals surface area contributed by atoms with E-state index in [2.05, 4.69) is 14.9 Å². The first-order valence-electron chi connectivity index (χ1n) is 10.9. The van der Waals surface area contributed by atoms with Crippen LogP contribution in [0.2, 0.25) is 0 Å². The lowest BCUT2D eigenvalue weighted by molar-refractivity contribution is 0.415. The van der Waals surface area contributed by atoms with Crippen LogP contribution in [-0.2, 0) is 0 Å². The Morgan fingerprint density at radius 1 is 0.833 bits per heavy atom. The van der Waals surface area contributed by atoms with Crippen molar-refractivity contribution in [3.05, 3.63) is 29.8 Å². The number of anilines is 3. The third-order valence-electron chi connectivity index (χ3n) is 5.66. The van der Waals surface area contributed by atoms with Gasteiger partial charge in [0.1, 0.15) is 5.75 Å². The molecule has 2 saturated heterocycles. The third-order valence-corrected chi connectivity index (χ3v) is 5.66. The predicted molar refractivity (Wildman–Crippen MR) is 121 cm³/mol. The SMILES string of the molecule is COc1ccc(/C=N\N(C)c2nc(N3CCCCC3)nc(N3CCCCC3)n2)cc1. The summed E-state index contributed by atoms with van der Waals surface area (Å²) in [5.74, 6) is 2.95. The summed E-state index contributed by atoms with van der Waals surface area (Å²) in [5, 5.41) is 6.30. The Kier molecular flexibility index (Phi) is 6.61. The zero-order valence-corrected chi connectivity index (χ0v) is 18.0. The molecule has 8 heteroatoms. The molecular formula is C22H31N7O. The lowest BCUT2D eigenvalue weighted by Crippen LogP contribution is -2.35. The van der Waals surface area contributed by atoms with Crippen molar-refractivity contribution in [3.8, 4) is 5.75 Å². The second-order valence-corrected chi connectivity index (χ2v) is 7.87. The average molecular weight is 410 g/mol. The van der Waals surface area contributed by atoms with Gasteiger partial charge in [-0.25, -0.2) is 5.01 Å². The molecule has 8 nitrogen and oxygen atoms in total. The molecule has 0 bridgehead atoms. The van der Waals surface area contributed by atoms with Crippen LogP contribution in [0.15, 0.2) is 29.4 Å². The summed E-state index contributed by atoms with van der Waals surface area (Å²) >= 11 is 0. The number of ether oxygens (including phenoxy) is 1. The molecular weight excluding hydrogens is 378 g/mol. The second-order valence-electron chi connectivity index (χ2n) is 7.87. The minimum Gasteiger partial charge on any atom is -0.497 e. The van der Waals surface area contributed by atoms with Crippen molar-refractivity contribution in [2.24, 2.45) is 5.10 Å². The first-order chi connectivity index (χ1) is 14.7. The summed E-state index contributed by atoms with van der Waals surface area (Å²) in [4.78, 5) is 18.9. The van der Waals surface area contributed by atoms with Gasteiger partial charge in [0.25, 0.3) is 5.95 Å². The van der Waals surface area contributed by atoms with Crippen molar-refractivity contribution in [2.45, 2.75) is 38.5 Å². The number of hydrogen-bond acceptors (Lipinski definition) is 8. The summed E-state index contributed by atoms with van der Waals surface area (Å²) in [7, 11) is 3.55. The zero-order valence-electron chi connectivity index (χ0n) is 18.0. The Balaban J connectivity index is 1.58. The van der Waals surface area contributed by atoms with Crippen LogP contribution in [0.5, 0.6) is 5.75 Å². The average Bonchev–Trinajstić information content (AvgIpc) is 2.83. The predicted octanol–water partition coefficient (Wildman–Crippen LogP) is 3.33. The highest BCUT2D eigenvalue weighted by Gasteiger charge is 2.21. The molecule has 2 aliphatic rings. The van der Waals surface area contributed by atoms with Gasteiger partial charge in [-0.3, -0.25) is 0 Å². The monoisotopic (exact) mass is 409 g/mol. The Bertz CT molecular complexity index is 807. The van der Waals surface area contributed by atoms with E-state index in [0.29, 0.717) is 5.95 Å². The summed E-state index contributed by atoms with van der Waals surface area (Å²) in [5.41, 5.74) is 0.990. The van der Waals surface area contributed by atoms with E-state index in [1.54, 1.807) is 12.1 Å².